The van der Waals surface area contributed by atoms with Crippen LogP contribution in [0, 0.1) is 5.41 Å². The normalized spacial score (nSPS) is 12.9. The summed E-state index contributed by atoms with van der Waals surface area (Å²) >= 11 is 0. The van der Waals surface area contributed by atoms with Gasteiger partial charge in [0.1, 0.15) is 0 Å². The average molecular weight is 212 g/mol. The molecular formula is C13H24O2. The van der Waals surface area contributed by atoms with Crippen molar-refractivity contribution in [3.8, 4) is 0 Å². The maximum Gasteiger partial charge on any atom is 0.331 e. The topological polar surface area (TPSA) is 37.3 Å². The molecule has 0 rings (SSSR count). The number of carboxylic acids is 1. The van der Waals surface area contributed by atoms with Gasteiger partial charge in [-0.3, -0.25) is 0 Å². The van der Waals surface area contributed by atoms with E-state index in [1.807, 2.05) is 0 Å². The zero-order valence-electron chi connectivity index (χ0n) is 10.5. The van der Waals surface area contributed by atoms with Gasteiger partial charge < -0.3 is 5.11 Å². The smallest absolute Gasteiger partial charge is 0.331 e. The molecule has 0 saturated carbocycles. The second-order valence-electron chi connectivity index (χ2n) is 5.24. The van der Waals surface area contributed by atoms with E-state index in [1.54, 1.807) is 13.0 Å². The van der Waals surface area contributed by atoms with E-state index < -0.39 is 5.97 Å². The van der Waals surface area contributed by atoms with Crippen molar-refractivity contribution in [3.63, 3.8) is 0 Å². The Hall–Kier alpha value is -0.790. The molecule has 0 atom stereocenters. The van der Waals surface area contributed by atoms with Gasteiger partial charge in [-0.05, 0) is 31.6 Å². The molecule has 88 valence electrons. The van der Waals surface area contributed by atoms with Gasteiger partial charge in [0.25, 0.3) is 0 Å². The third kappa shape index (κ3) is 8.22. The van der Waals surface area contributed by atoms with E-state index in [1.165, 1.54) is 12.8 Å². The molecule has 0 amide bonds. The summed E-state index contributed by atoms with van der Waals surface area (Å²) in [4.78, 5) is 10.7. The van der Waals surface area contributed by atoms with Gasteiger partial charge in [0.15, 0.2) is 0 Å². The Bertz CT molecular complexity index is 221. The highest BCUT2D eigenvalue weighted by atomic mass is 16.4. The zero-order chi connectivity index (χ0) is 11.9. The minimum atomic E-state index is -0.770. The summed E-state index contributed by atoms with van der Waals surface area (Å²) in [5.41, 5.74) is 0.946. The second kappa shape index (κ2) is 6.65. The summed E-state index contributed by atoms with van der Waals surface area (Å²) in [5, 5.41) is 8.79. The van der Waals surface area contributed by atoms with Crippen LogP contribution in [0.2, 0.25) is 0 Å². The first-order valence-corrected chi connectivity index (χ1v) is 5.75. The number of aliphatic carboxylic acids is 1. The molecule has 0 saturated heterocycles. The van der Waals surface area contributed by atoms with Crippen LogP contribution in [0.5, 0.6) is 0 Å². The van der Waals surface area contributed by atoms with E-state index in [4.69, 9.17) is 5.11 Å². The summed E-state index contributed by atoms with van der Waals surface area (Å²) < 4.78 is 0. The molecule has 0 aromatic heterocycles. The fourth-order valence-electron chi connectivity index (χ4n) is 1.52. The lowest BCUT2D eigenvalue weighted by molar-refractivity contribution is -0.132. The lowest BCUT2D eigenvalue weighted by atomic mass is 9.89. The molecule has 2 heteroatoms. The molecule has 2 nitrogen and oxygen atoms in total. The molecule has 0 radical (unpaired) electrons. The van der Waals surface area contributed by atoms with E-state index in [0.29, 0.717) is 17.4 Å². The van der Waals surface area contributed by atoms with Gasteiger partial charge in [0.2, 0.25) is 0 Å². The molecule has 0 aromatic rings. The fraction of sp³-hybridized carbons (Fsp3) is 0.769. The molecule has 0 aliphatic carbocycles. The monoisotopic (exact) mass is 212 g/mol. The Morgan fingerprint density at radius 2 is 1.80 bits per heavy atom. The fourth-order valence-corrected chi connectivity index (χ4v) is 1.52. The summed E-state index contributed by atoms with van der Waals surface area (Å²) in [7, 11) is 0. The molecule has 0 aliphatic heterocycles. The van der Waals surface area contributed by atoms with Crippen LogP contribution < -0.4 is 0 Å². The number of allylic oxidation sites excluding steroid dienone is 1. The van der Waals surface area contributed by atoms with Crippen molar-refractivity contribution in [2.24, 2.45) is 5.41 Å². The zero-order valence-corrected chi connectivity index (χ0v) is 10.5. The molecule has 0 fully saturated rings. The van der Waals surface area contributed by atoms with E-state index in [-0.39, 0.29) is 0 Å². The average Bonchev–Trinajstić information content (AvgIpc) is 2.08. The Morgan fingerprint density at radius 1 is 1.20 bits per heavy atom. The van der Waals surface area contributed by atoms with Crippen LogP contribution in [-0.2, 0) is 4.79 Å². The van der Waals surface area contributed by atoms with E-state index >= 15 is 0 Å². The summed E-state index contributed by atoms with van der Waals surface area (Å²) in [6.45, 7) is 8.50. The van der Waals surface area contributed by atoms with E-state index in [9.17, 15) is 4.79 Å². The lowest BCUT2D eigenvalue weighted by Gasteiger charge is -2.17. The molecule has 0 aromatic carbocycles. The van der Waals surface area contributed by atoms with Crippen molar-refractivity contribution >= 4 is 5.97 Å². The minimum absolute atomic E-state index is 0.399. The van der Waals surface area contributed by atoms with Gasteiger partial charge in [-0.2, -0.15) is 0 Å². The summed E-state index contributed by atoms with van der Waals surface area (Å²) in [6, 6.07) is 0. The highest BCUT2D eigenvalue weighted by molar-refractivity contribution is 5.86. The SMILES string of the molecule is CC=C(CCCCCC(C)(C)C)C(=O)O. The van der Waals surface area contributed by atoms with Crippen molar-refractivity contribution in [2.45, 2.75) is 59.8 Å². The Labute approximate surface area is 93.4 Å². The van der Waals surface area contributed by atoms with Gasteiger partial charge in [-0.1, -0.05) is 39.7 Å². The number of unbranched alkanes of at least 4 members (excludes halogenated alkanes) is 2. The molecule has 1 N–H and O–H groups in total. The Morgan fingerprint density at radius 3 is 2.20 bits per heavy atom. The third-order valence-corrected chi connectivity index (χ3v) is 2.50. The molecule has 15 heavy (non-hydrogen) atoms. The van der Waals surface area contributed by atoms with Crippen LogP contribution in [0.4, 0.5) is 0 Å². The highest BCUT2D eigenvalue weighted by Crippen LogP contribution is 2.22. The Balaban J connectivity index is 3.59. The van der Waals surface area contributed by atoms with Gasteiger partial charge in [-0.25, -0.2) is 4.79 Å². The van der Waals surface area contributed by atoms with Crippen molar-refractivity contribution in [1.82, 2.24) is 0 Å². The van der Waals surface area contributed by atoms with Crippen molar-refractivity contribution in [1.29, 1.82) is 0 Å². The van der Waals surface area contributed by atoms with Crippen LogP contribution >= 0.6 is 0 Å². The molecule has 0 unspecified atom stereocenters. The molecule has 0 heterocycles. The second-order valence-corrected chi connectivity index (χ2v) is 5.24. The van der Waals surface area contributed by atoms with Gasteiger partial charge in [0, 0.05) is 5.57 Å². The van der Waals surface area contributed by atoms with Crippen molar-refractivity contribution in [2.75, 3.05) is 0 Å². The maximum absolute atomic E-state index is 10.7. The highest BCUT2D eigenvalue weighted by Gasteiger charge is 2.09. The number of carbonyl (C=O) groups is 1. The van der Waals surface area contributed by atoms with Gasteiger partial charge >= 0.3 is 5.97 Å². The van der Waals surface area contributed by atoms with Crippen LogP contribution in [0.3, 0.4) is 0 Å². The van der Waals surface area contributed by atoms with Gasteiger partial charge in [0.05, 0.1) is 0 Å². The van der Waals surface area contributed by atoms with Crippen LogP contribution in [0.1, 0.15) is 59.8 Å². The predicted molar refractivity (Wildman–Crippen MR) is 63.9 cm³/mol. The number of hydrogen-bond donors (Lipinski definition) is 1. The summed E-state index contributed by atoms with van der Waals surface area (Å²) in [5.74, 6) is -0.770. The standard InChI is InChI=1S/C13H24O2/c1-5-11(12(14)15)9-7-6-8-10-13(2,3)4/h5H,6-10H2,1-4H3,(H,14,15). The molecule has 0 aliphatic rings. The summed E-state index contributed by atoms with van der Waals surface area (Å²) in [6.07, 6.45) is 6.93. The van der Waals surface area contributed by atoms with E-state index in [0.717, 1.165) is 12.8 Å². The first kappa shape index (κ1) is 14.2. The first-order valence-electron chi connectivity index (χ1n) is 5.75. The maximum atomic E-state index is 10.7. The third-order valence-electron chi connectivity index (χ3n) is 2.50. The van der Waals surface area contributed by atoms with E-state index in [2.05, 4.69) is 20.8 Å². The van der Waals surface area contributed by atoms with Crippen molar-refractivity contribution in [3.05, 3.63) is 11.6 Å². The molecule has 0 bridgehead atoms. The van der Waals surface area contributed by atoms with Gasteiger partial charge in [-0.15, -0.1) is 0 Å². The van der Waals surface area contributed by atoms with Crippen LogP contribution in [0.15, 0.2) is 11.6 Å². The molecular weight excluding hydrogens is 188 g/mol. The number of rotatable bonds is 6. The number of hydrogen-bond acceptors (Lipinski definition) is 1. The lowest BCUT2D eigenvalue weighted by Crippen LogP contribution is -2.04. The molecule has 0 spiro atoms. The largest absolute Gasteiger partial charge is 0.478 e. The minimum Gasteiger partial charge on any atom is -0.478 e. The van der Waals surface area contributed by atoms with Crippen molar-refractivity contribution < 1.29 is 9.90 Å². The first-order chi connectivity index (χ1) is 6.87. The predicted octanol–water partition coefficient (Wildman–Crippen LogP) is 4.01. The van der Waals surface area contributed by atoms with Crippen LogP contribution in [0.25, 0.3) is 0 Å². The Kier molecular flexibility index (Phi) is 6.30. The quantitative estimate of drug-likeness (QED) is 0.533. The number of carboxylic acid groups (broad SMARTS) is 1. The van der Waals surface area contributed by atoms with Crippen LogP contribution in [-0.4, -0.2) is 11.1 Å².